The summed E-state index contributed by atoms with van der Waals surface area (Å²) in [5.74, 6) is 0. The zero-order valence-corrected chi connectivity index (χ0v) is 12.8. The lowest BCUT2D eigenvalue weighted by Gasteiger charge is -2.07. The maximum Gasteiger partial charge on any atom is 0.0876 e. The van der Waals surface area contributed by atoms with E-state index >= 15 is 0 Å². The van der Waals surface area contributed by atoms with E-state index in [1.807, 2.05) is 48.7 Å². The van der Waals surface area contributed by atoms with Crippen LogP contribution in [-0.2, 0) is 6.42 Å². The van der Waals surface area contributed by atoms with E-state index in [0.29, 0.717) is 6.42 Å². The maximum absolute atomic E-state index is 10.3. The van der Waals surface area contributed by atoms with E-state index in [-0.39, 0.29) is 0 Å². The van der Waals surface area contributed by atoms with Gasteiger partial charge < -0.3 is 5.11 Å². The number of benzene rings is 1. The fraction of sp³-hybridized carbons (Fsp3) is 0.125. The zero-order chi connectivity index (χ0) is 14.7. The van der Waals surface area contributed by atoms with Gasteiger partial charge >= 0.3 is 0 Å². The van der Waals surface area contributed by atoms with Gasteiger partial charge in [0.2, 0.25) is 0 Å². The Kier molecular flexibility index (Phi) is 4.13. The van der Waals surface area contributed by atoms with Crippen LogP contribution in [0.2, 0.25) is 0 Å². The third-order valence-corrected chi connectivity index (χ3v) is 3.67. The first-order valence-corrected chi connectivity index (χ1v) is 7.40. The lowest BCUT2D eigenvalue weighted by atomic mass is 10.1. The van der Waals surface area contributed by atoms with Crippen molar-refractivity contribution >= 4 is 15.9 Å². The Labute approximate surface area is 131 Å². The van der Waals surface area contributed by atoms with E-state index < -0.39 is 6.10 Å². The van der Waals surface area contributed by atoms with Crippen molar-refractivity contribution in [1.29, 1.82) is 0 Å². The Hall–Kier alpha value is -1.98. The Morgan fingerprint density at radius 2 is 1.90 bits per heavy atom. The highest BCUT2D eigenvalue weighted by molar-refractivity contribution is 9.10. The maximum atomic E-state index is 10.3. The van der Waals surface area contributed by atoms with Gasteiger partial charge in [0.15, 0.2) is 0 Å². The number of hydrogen-bond acceptors (Lipinski definition) is 3. The standard InChI is InChI=1S/C16H14BrN3O/c17-13-6-7-14(18-10-13)8-16(21)12-9-19-20(11-12)15-4-2-1-3-5-15/h1-7,9-11,16,21H,8H2. The molecule has 2 aromatic heterocycles. The predicted octanol–water partition coefficient (Wildman–Crippen LogP) is 3.31. The quantitative estimate of drug-likeness (QED) is 0.790. The van der Waals surface area contributed by atoms with Crippen LogP contribution >= 0.6 is 15.9 Å². The molecule has 106 valence electrons. The zero-order valence-electron chi connectivity index (χ0n) is 11.2. The van der Waals surface area contributed by atoms with Gasteiger partial charge in [-0.2, -0.15) is 5.10 Å². The summed E-state index contributed by atoms with van der Waals surface area (Å²) >= 11 is 3.35. The molecule has 0 saturated heterocycles. The van der Waals surface area contributed by atoms with Gasteiger partial charge in [-0.15, -0.1) is 0 Å². The summed E-state index contributed by atoms with van der Waals surface area (Å²) in [4.78, 5) is 4.27. The molecule has 0 fully saturated rings. The number of para-hydroxylation sites is 1. The smallest absolute Gasteiger partial charge is 0.0876 e. The monoisotopic (exact) mass is 343 g/mol. The molecule has 0 bridgehead atoms. The molecular formula is C16H14BrN3O. The summed E-state index contributed by atoms with van der Waals surface area (Å²) < 4.78 is 2.69. The van der Waals surface area contributed by atoms with E-state index in [9.17, 15) is 5.11 Å². The molecule has 3 aromatic rings. The van der Waals surface area contributed by atoms with E-state index in [1.54, 1.807) is 17.1 Å². The van der Waals surface area contributed by atoms with Gasteiger partial charge in [0.1, 0.15) is 0 Å². The van der Waals surface area contributed by atoms with Gasteiger partial charge in [0.05, 0.1) is 18.0 Å². The topological polar surface area (TPSA) is 50.9 Å². The molecule has 21 heavy (non-hydrogen) atoms. The molecule has 4 nitrogen and oxygen atoms in total. The first kappa shape index (κ1) is 14.0. The highest BCUT2D eigenvalue weighted by Crippen LogP contribution is 2.19. The van der Waals surface area contributed by atoms with Crippen LogP contribution in [0.5, 0.6) is 0 Å². The molecule has 0 aliphatic carbocycles. The number of pyridine rings is 1. The molecule has 3 rings (SSSR count). The molecule has 0 saturated carbocycles. The first-order valence-electron chi connectivity index (χ1n) is 6.61. The molecule has 0 radical (unpaired) electrons. The number of hydrogen-bond donors (Lipinski definition) is 1. The van der Waals surface area contributed by atoms with Gasteiger partial charge in [-0.05, 0) is 40.2 Å². The average Bonchev–Trinajstić information content (AvgIpc) is 3.00. The van der Waals surface area contributed by atoms with Crippen LogP contribution in [-0.4, -0.2) is 19.9 Å². The van der Waals surface area contributed by atoms with Crippen LogP contribution in [0, 0.1) is 0 Å². The number of halogens is 1. The molecule has 0 aliphatic rings. The van der Waals surface area contributed by atoms with Crippen LogP contribution in [0.25, 0.3) is 5.69 Å². The number of aliphatic hydroxyl groups is 1. The van der Waals surface area contributed by atoms with Gasteiger partial charge in [0.25, 0.3) is 0 Å². The van der Waals surface area contributed by atoms with Gasteiger partial charge in [-0.3, -0.25) is 4.98 Å². The lowest BCUT2D eigenvalue weighted by molar-refractivity contribution is 0.177. The second kappa shape index (κ2) is 6.20. The number of aliphatic hydroxyl groups excluding tert-OH is 1. The number of rotatable bonds is 4. The SMILES string of the molecule is OC(Cc1ccc(Br)cn1)c1cnn(-c2ccccc2)c1. The van der Waals surface area contributed by atoms with E-state index in [1.165, 1.54) is 0 Å². The van der Waals surface area contributed by atoms with Gasteiger partial charge in [-0.1, -0.05) is 18.2 Å². The van der Waals surface area contributed by atoms with Crippen LogP contribution < -0.4 is 0 Å². The van der Waals surface area contributed by atoms with Crippen LogP contribution in [0.1, 0.15) is 17.4 Å². The Balaban J connectivity index is 1.75. The van der Waals surface area contributed by atoms with Crippen molar-refractivity contribution in [2.75, 3.05) is 0 Å². The molecule has 1 unspecified atom stereocenters. The highest BCUT2D eigenvalue weighted by atomic mass is 79.9. The minimum atomic E-state index is -0.615. The summed E-state index contributed by atoms with van der Waals surface area (Å²) in [6.07, 6.45) is 5.12. The first-order chi connectivity index (χ1) is 10.2. The normalized spacial score (nSPS) is 12.3. The van der Waals surface area contributed by atoms with Gasteiger partial charge in [-0.25, -0.2) is 4.68 Å². The molecule has 1 aromatic carbocycles. The van der Waals surface area contributed by atoms with Crippen LogP contribution in [0.3, 0.4) is 0 Å². The highest BCUT2D eigenvalue weighted by Gasteiger charge is 2.12. The van der Waals surface area contributed by atoms with E-state index in [0.717, 1.165) is 21.4 Å². The third-order valence-electron chi connectivity index (χ3n) is 3.20. The van der Waals surface area contributed by atoms with Crippen molar-refractivity contribution in [1.82, 2.24) is 14.8 Å². The van der Waals surface area contributed by atoms with Crippen molar-refractivity contribution in [3.63, 3.8) is 0 Å². The second-order valence-electron chi connectivity index (χ2n) is 4.74. The van der Waals surface area contributed by atoms with Crippen LogP contribution in [0.15, 0.2) is 65.5 Å². The Morgan fingerprint density at radius 1 is 1.10 bits per heavy atom. The molecule has 0 aliphatic heterocycles. The number of aromatic nitrogens is 3. The van der Waals surface area contributed by atoms with Gasteiger partial charge in [0, 0.05) is 34.5 Å². The molecule has 2 heterocycles. The minimum Gasteiger partial charge on any atom is -0.388 e. The molecule has 5 heteroatoms. The predicted molar refractivity (Wildman–Crippen MR) is 84.2 cm³/mol. The second-order valence-corrected chi connectivity index (χ2v) is 5.66. The largest absolute Gasteiger partial charge is 0.388 e. The number of nitrogens with zero attached hydrogens (tertiary/aromatic N) is 3. The summed E-state index contributed by atoms with van der Waals surface area (Å²) in [7, 11) is 0. The summed E-state index contributed by atoms with van der Waals surface area (Å²) in [5.41, 5.74) is 2.60. The Bertz CT molecular complexity index is 710. The fourth-order valence-corrected chi connectivity index (χ4v) is 2.31. The van der Waals surface area contributed by atoms with E-state index in [4.69, 9.17) is 0 Å². The summed E-state index contributed by atoms with van der Waals surface area (Å²) in [6.45, 7) is 0. The van der Waals surface area contributed by atoms with Crippen molar-refractivity contribution < 1.29 is 5.11 Å². The van der Waals surface area contributed by atoms with Crippen molar-refractivity contribution in [3.8, 4) is 5.69 Å². The molecular weight excluding hydrogens is 330 g/mol. The fourth-order valence-electron chi connectivity index (χ4n) is 2.07. The third kappa shape index (κ3) is 3.37. The van der Waals surface area contributed by atoms with Crippen molar-refractivity contribution in [2.45, 2.75) is 12.5 Å². The Morgan fingerprint density at radius 3 is 2.62 bits per heavy atom. The lowest BCUT2D eigenvalue weighted by Crippen LogP contribution is -2.02. The van der Waals surface area contributed by atoms with Crippen molar-refractivity contribution in [3.05, 3.63) is 76.8 Å². The summed E-state index contributed by atoms with van der Waals surface area (Å²) in [5, 5.41) is 14.6. The molecule has 0 spiro atoms. The van der Waals surface area contributed by atoms with Crippen LogP contribution in [0.4, 0.5) is 0 Å². The molecule has 1 N–H and O–H groups in total. The minimum absolute atomic E-state index is 0.466. The molecule has 0 amide bonds. The molecule has 1 atom stereocenters. The van der Waals surface area contributed by atoms with E-state index in [2.05, 4.69) is 26.0 Å². The summed E-state index contributed by atoms with van der Waals surface area (Å²) in [6, 6.07) is 13.6. The van der Waals surface area contributed by atoms with Crippen molar-refractivity contribution in [2.24, 2.45) is 0 Å². The average molecular weight is 344 g/mol.